The van der Waals surface area contributed by atoms with Gasteiger partial charge in [-0.15, -0.1) is 0 Å². The van der Waals surface area contributed by atoms with Crippen molar-refractivity contribution in [1.82, 2.24) is 5.32 Å². The van der Waals surface area contributed by atoms with Crippen molar-refractivity contribution in [2.45, 2.75) is 71.8 Å². The lowest BCUT2D eigenvalue weighted by Crippen LogP contribution is -2.42. The molecular formula is C24H29NO6. The summed E-state index contributed by atoms with van der Waals surface area (Å²) in [6, 6.07) is 2.65. The van der Waals surface area contributed by atoms with E-state index in [1.54, 1.807) is 19.3 Å². The summed E-state index contributed by atoms with van der Waals surface area (Å²) in [6.07, 6.45) is 3.33. The molecule has 2 heterocycles. The molecule has 0 unspecified atom stereocenters. The first-order chi connectivity index (χ1) is 14.5. The molecule has 0 aliphatic rings. The molecule has 0 aliphatic carbocycles. The minimum absolute atomic E-state index is 0.129. The zero-order chi connectivity index (χ0) is 22.9. The molecule has 1 aromatic carbocycles. The van der Waals surface area contributed by atoms with Crippen LogP contribution in [0.3, 0.4) is 0 Å². The first kappa shape index (κ1) is 22.6. The molecule has 2 aromatic heterocycles. The van der Waals surface area contributed by atoms with Gasteiger partial charge in [0.15, 0.2) is 0 Å². The number of nitrogens with one attached hydrogen (secondary N) is 1. The fraction of sp³-hybridized carbons (Fsp3) is 0.458. The summed E-state index contributed by atoms with van der Waals surface area (Å²) in [6.45, 7) is 9.99. The molecule has 0 radical (unpaired) electrons. The van der Waals surface area contributed by atoms with Crippen LogP contribution in [0.1, 0.15) is 63.6 Å². The molecule has 0 saturated heterocycles. The van der Waals surface area contributed by atoms with Crippen LogP contribution < -0.4 is 10.9 Å². The number of aryl methyl sites for hydroxylation is 1. The van der Waals surface area contributed by atoms with Crippen LogP contribution in [0.15, 0.2) is 32.0 Å². The van der Waals surface area contributed by atoms with Crippen LogP contribution in [0.5, 0.6) is 0 Å². The number of carboxylic acid groups (broad SMARTS) is 1. The normalized spacial score (nSPS) is 12.9. The summed E-state index contributed by atoms with van der Waals surface area (Å²) >= 11 is 0. The second kappa shape index (κ2) is 8.57. The molecule has 3 rings (SSSR count). The number of furan rings is 1. The third kappa shape index (κ3) is 4.65. The summed E-state index contributed by atoms with van der Waals surface area (Å²) in [5.74, 6) is -1.60. The Morgan fingerprint density at radius 1 is 1.16 bits per heavy atom. The number of carbonyl (C=O) groups excluding carboxylic acids is 1. The number of carboxylic acids is 1. The fourth-order valence-corrected chi connectivity index (χ4v) is 3.77. The molecular weight excluding hydrogens is 398 g/mol. The zero-order valence-corrected chi connectivity index (χ0v) is 18.6. The number of carbonyl (C=O) groups is 2. The van der Waals surface area contributed by atoms with E-state index in [1.165, 1.54) is 0 Å². The van der Waals surface area contributed by atoms with E-state index in [2.05, 4.69) is 26.1 Å². The molecule has 7 nitrogen and oxygen atoms in total. The van der Waals surface area contributed by atoms with Gasteiger partial charge >= 0.3 is 11.6 Å². The highest BCUT2D eigenvalue weighted by Gasteiger charge is 2.24. The summed E-state index contributed by atoms with van der Waals surface area (Å²) in [4.78, 5) is 36.5. The number of hydrogen-bond donors (Lipinski definition) is 2. The molecule has 1 amide bonds. The summed E-state index contributed by atoms with van der Waals surface area (Å²) in [7, 11) is 0. The SMILES string of the molecule is CCCC[C@H](NC(=O)Cc1c(C)c2cc3c(C(C)(C)C)coc3cc2oc1=O)C(=O)O. The van der Waals surface area contributed by atoms with Gasteiger partial charge in [-0.1, -0.05) is 40.5 Å². The molecule has 1 atom stereocenters. The largest absolute Gasteiger partial charge is 0.480 e. The second-order valence-corrected chi connectivity index (χ2v) is 9.01. The summed E-state index contributed by atoms with van der Waals surface area (Å²) in [5, 5.41) is 13.5. The van der Waals surface area contributed by atoms with Crippen LogP contribution in [0, 0.1) is 6.92 Å². The molecule has 3 aromatic rings. The van der Waals surface area contributed by atoms with Gasteiger partial charge in [0, 0.05) is 22.4 Å². The van der Waals surface area contributed by atoms with E-state index in [0.717, 1.165) is 22.8 Å². The van der Waals surface area contributed by atoms with Crippen LogP contribution in [0.25, 0.3) is 21.9 Å². The Morgan fingerprint density at radius 3 is 2.48 bits per heavy atom. The van der Waals surface area contributed by atoms with Crippen molar-refractivity contribution < 1.29 is 23.5 Å². The number of amides is 1. The average Bonchev–Trinajstić information content (AvgIpc) is 3.10. The van der Waals surface area contributed by atoms with Crippen molar-refractivity contribution in [2.24, 2.45) is 0 Å². The molecule has 0 bridgehead atoms. The van der Waals surface area contributed by atoms with Crippen molar-refractivity contribution in [3.63, 3.8) is 0 Å². The van der Waals surface area contributed by atoms with E-state index in [4.69, 9.17) is 8.83 Å². The second-order valence-electron chi connectivity index (χ2n) is 9.01. The van der Waals surface area contributed by atoms with Crippen molar-refractivity contribution in [3.8, 4) is 0 Å². The number of aliphatic carboxylic acids is 1. The number of hydrogen-bond acceptors (Lipinski definition) is 5. The smallest absolute Gasteiger partial charge is 0.340 e. The molecule has 166 valence electrons. The van der Waals surface area contributed by atoms with Gasteiger partial charge in [0.05, 0.1) is 18.2 Å². The van der Waals surface area contributed by atoms with E-state index < -0.39 is 23.5 Å². The maximum atomic E-state index is 12.6. The molecule has 7 heteroatoms. The quantitative estimate of drug-likeness (QED) is 0.539. The van der Waals surface area contributed by atoms with Crippen LogP contribution in [-0.2, 0) is 21.4 Å². The van der Waals surface area contributed by atoms with Gasteiger partial charge in [0.1, 0.15) is 17.2 Å². The number of benzene rings is 1. The Bertz CT molecular complexity index is 1190. The molecule has 0 aliphatic heterocycles. The molecule has 0 fully saturated rings. The Balaban J connectivity index is 1.99. The standard InChI is InChI=1S/C24H29NO6/c1-6-7-8-18(22(27)28)25-21(26)10-15-13(2)14-9-16-17(24(3,4)5)12-30-19(16)11-20(14)31-23(15)29/h9,11-12,18H,6-8,10H2,1-5H3,(H,25,26)(H,27,28)/t18-/m0/s1. The van der Waals surface area contributed by atoms with E-state index in [9.17, 15) is 19.5 Å². The highest BCUT2D eigenvalue weighted by molar-refractivity contribution is 5.97. The van der Waals surface area contributed by atoms with Crippen molar-refractivity contribution in [1.29, 1.82) is 0 Å². The Labute approximate surface area is 180 Å². The minimum atomic E-state index is -1.08. The fourth-order valence-electron chi connectivity index (χ4n) is 3.77. The van der Waals surface area contributed by atoms with E-state index >= 15 is 0 Å². The maximum Gasteiger partial charge on any atom is 0.340 e. The van der Waals surface area contributed by atoms with Gasteiger partial charge in [-0.25, -0.2) is 9.59 Å². The Hall–Kier alpha value is -3.09. The van der Waals surface area contributed by atoms with Crippen molar-refractivity contribution in [3.05, 3.63) is 45.5 Å². The van der Waals surface area contributed by atoms with Gasteiger partial charge in [-0.2, -0.15) is 0 Å². The number of fused-ring (bicyclic) bond motifs is 2. The molecule has 0 saturated carbocycles. The first-order valence-corrected chi connectivity index (χ1v) is 10.5. The molecule has 2 N–H and O–H groups in total. The molecule has 31 heavy (non-hydrogen) atoms. The monoisotopic (exact) mass is 427 g/mol. The number of rotatable bonds is 7. The lowest BCUT2D eigenvalue weighted by molar-refractivity contribution is -0.142. The molecule has 0 spiro atoms. The lowest BCUT2D eigenvalue weighted by atomic mass is 9.86. The van der Waals surface area contributed by atoms with Gasteiger partial charge in [0.2, 0.25) is 5.91 Å². The summed E-state index contributed by atoms with van der Waals surface area (Å²) < 4.78 is 11.2. The topological polar surface area (TPSA) is 110 Å². The highest BCUT2D eigenvalue weighted by atomic mass is 16.4. The van der Waals surface area contributed by atoms with Gasteiger partial charge in [0.25, 0.3) is 0 Å². The van der Waals surface area contributed by atoms with E-state index in [-0.39, 0.29) is 17.4 Å². The Kier molecular flexibility index (Phi) is 6.25. The minimum Gasteiger partial charge on any atom is -0.480 e. The van der Waals surface area contributed by atoms with Crippen LogP contribution in [-0.4, -0.2) is 23.0 Å². The highest BCUT2D eigenvalue weighted by Crippen LogP contribution is 2.35. The predicted octanol–water partition coefficient (Wildman–Crippen LogP) is 4.45. The first-order valence-electron chi connectivity index (χ1n) is 10.5. The number of unbranched alkanes of at least 4 members (excludes halogenated alkanes) is 1. The third-order valence-corrected chi connectivity index (χ3v) is 5.61. The van der Waals surface area contributed by atoms with E-state index in [1.807, 2.05) is 13.0 Å². The zero-order valence-electron chi connectivity index (χ0n) is 18.6. The average molecular weight is 427 g/mol. The summed E-state index contributed by atoms with van der Waals surface area (Å²) in [5.41, 5.74) is 2.19. The van der Waals surface area contributed by atoms with Crippen molar-refractivity contribution >= 4 is 33.8 Å². The van der Waals surface area contributed by atoms with Gasteiger partial charge in [-0.05, 0) is 30.4 Å². The Morgan fingerprint density at radius 2 is 1.87 bits per heavy atom. The maximum absolute atomic E-state index is 12.6. The van der Waals surface area contributed by atoms with E-state index in [0.29, 0.717) is 29.6 Å². The van der Waals surface area contributed by atoms with Gasteiger partial charge in [-0.3, -0.25) is 4.79 Å². The van der Waals surface area contributed by atoms with Crippen LogP contribution >= 0.6 is 0 Å². The van der Waals surface area contributed by atoms with Crippen LogP contribution in [0.4, 0.5) is 0 Å². The predicted molar refractivity (Wildman–Crippen MR) is 118 cm³/mol. The lowest BCUT2D eigenvalue weighted by Gasteiger charge is -2.17. The van der Waals surface area contributed by atoms with Gasteiger partial charge < -0.3 is 19.3 Å². The third-order valence-electron chi connectivity index (χ3n) is 5.61. The van der Waals surface area contributed by atoms with Crippen molar-refractivity contribution in [2.75, 3.05) is 0 Å². The van der Waals surface area contributed by atoms with Crippen LogP contribution in [0.2, 0.25) is 0 Å².